The molecule has 10 heteroatoms. The number of anilines is 1. The van der Waals surface area contributed by atoms with Crippen molar-refractivity contribution < 1.29 is 4.74 Å². The molecule has 4 aromatic rings. The predicted molar refractivity (Wildman–Crippen MR) is 150 cm³/mol. The van der Waals surface area contributed by atoms with Crippen molar-refractivity contribution in [3.8, 4) is 11.4 Å². The second-order valence-corrected chi connectivity index (χ2v) is 10.9. The molecule has 0 amide bonds. The minimum absolute atomic E-state index is 0.187. The highest BCUT2D eigenvalue weighted by molar-refractivity contribution is 6.30. The summed E-state index contributed by atoms with van der Waals surface area (Å²) in [5.74, 6) is 1.09. The largest absolute Gasteiger partial charge is 0.382 e. The third-order valence-corrected chi connectivity index (χ3v) is 8.00. The number of benzene rings is 1. The van der Waals surface area contributed by atoms with Gasteiger partial charge in [0.2, 0.25) is 0 Å². The Balaban J connectivity index is 1.19. The molecule has 0 saturated carbocycles. The Labute approximate surface area is 226 Å². The molecule has 0 spiro atoms. The van der Waals surface area contributed by atoms with E-state index in [2.05, 4.69) is 44.3 Å². The van der Waals surface area contributed by atoms with E-state index in [-0.39, 0.29) is 5.56 Å². The van der Waals surface area contributed by atoms with Gasteiger partial charge in [0.05, 0.1) is 40.6 Å². The molecule has 0 aliphatic carbocycles. The highest BCUT2D eigenvalue weighted by Gasteiger charge is 2.25. The van der Waals surface area contributed by atoms with E-state index in [4.69, 9.17) is 21.3 Å². The van der Waals surface area contributed by atoms with Crippen LogP contribution in [0.5, 0.6) is 0 Å². The van der Waals surface area contributed by atoms with E-state index in [1.165, 1.54) is 18.4 Å². The maximum atomic E-state index is 12.9. The quantitative estimate of drug-likeness (QED) is 0.306. The summed E-state index contributed by atoms with van der Waals surface area (Å²) in [5, 5.41) is 8.17. The van der Waals surface area contributed by atoms with Crippen molar-refractivity contribution in [1.82, 2.24) is 29.6 Å². The van der Waals surface area contributed by atoms with Crippen LogP contribution in [0.25, 0.3) is 22.4 Å². The SMILES string of the molecule is Cc1cc(C2CCN(CC3CCCO3)CC2)cc2[nH]c(-c3c(NCCn4cc(Cl)cn4)cc[nH]c3=O)nc12. The molecule has 1 unspecified atom stereocenters. The number of aryl methyl sites for hydroxylation is 1. The molecule has 3 aromatic heterocycles. The van der Waals surface area contributed by atoms with E-state index in [0.29, 0.717) is 41.5 Å². The van der Waals surface area contributed by atoms with Gasteiger partial charge in [0.25, 0.3) is 5.56 Å². The maximum Gasteiger partial charge on any atom is 0.261 e. The summed E-state index contributed by atoms with van der Waals surface area (Å²) < 4.78 is 7.60. The molecule has 1 aromatic carbocycles. The number of aromatic amines is 2. The molecule has 0 bridgehead atoms. The summed E-state index contributed by atoms with van der Waals surface area (Å²) in [7, 11) is 0. The lowest BCUT2D eigenvalue weighted by molar-refractivity contribution is 0.0643. The van der Waals surface area contributed by atoms with Crippen LogP contribution in [0.4, 0.5) is 5.69 Å². The molecule has 2 fully saturated rings. The number of nitrogens with zero attached hydrogens (tertiary/aromatic N) is 4. The number of nitrogens with one attached hydrogen (secondary N) is 3. The zero-order valence-electron chi connectivity index (χ0n) is 21.7. The Morgan fingerprint density at radius 3 is 2.87 bits per heavy atom. The number of fused-ring (bicyclic) bond motifs is 1. The van der Waals surface area contributed by atoms with Crippen molar-refractivity contribution in [3.63, 3.8) is 0 Å². The van der Waals surface area contributed by atoms with Gasteiger partial charge in [0, 0.05) is 32.1 Å². The maximum absolute atomic E-state index is 12.9. The number of imidazole rings is 1. The third kappa shape index (κ3) is 5.36. The Bertz CT molecular complexity index is 1460. The number of hydrogen-bond donors (Lipinski definition) is 3. The van der Waals surface area contributed by atoms with Gasteiger partial charge >= 0.3 is 0 Å². The number of aromatic nitrogens is 5. The standard InChI is InChI=1S/C28H34ClN7O2/c1-18-13-20(19-5-9-35(10-6-19)17-22-3-2-12-38-22)14-24-26(18)34-27(33-24)25-23(4-7-31-28(25)37)30-8-11-36-16-21(29)15-32-36/h4,7,13-16,19,22H,2-3,5-6,8-12,17H2,1H3,(H,33,34)(H2,30,31,37). The van der Waals surface area contributed by atoms with E-state index >= 15 is 0 Å². The second-order valence-electron chi connectivity index (χ2n) is 10.5. The van der Waals surface area contributed by atoms with Crippen LogP contribution in [0, 0.1) is 6.92 Å². The first-order valence-electron chi connectivity index (χ1n) is 13.5. The minimum Gasteiger partial charge on any atom is -0.382 e. The number of piperidine rings is 1. The van der Waals surface area contributed by atoms with Gasteiger partial charge in [-0.25, -0.2) is 4.98 Å². The monoisotopic (exact) mass is 535 g/mol. The number of H-pyrrole nitrogens is 2. The van der Waals surface area contributed by atoms with Crippen molar-refractivity contribution in [2.45, 2.75) is 51.2 Å². The van der Waals surface area contributed by atoms with Crippen LogP contribution >= 0.6 is 11.6 Å². The molecule has 200 valence electrons. The summed E-state index contributed by atoms with van der Waals surface area (Å²) in [6, 6.07) is 6.37. The van der Waals surface area contributed by atoms with Crippen molar-refractivity contribution in [3.05, 3.63) is 63.3 Å². The van der Waals surface area contributed by atoms with Gasteiger partial charge in [-0.05, 0) is 74.9 Å². The van der Waals surface area contributed by atoms with Gasteiger partial charge in [0.1, 0.15) is 11.4 Å². The van der Waals surface area contributed by atoms with E-state index in [0.717, 1.165) is 61.4 Å². The van der Waals surface area contributed by atoms with E-state index in [1.807, 2.05) is 6.07 Å². The molecule has 9 nitrogen and oxygen atoms in total. The molecule has 1 atom stereocenters. The lowest BCUT2D eigenvalue weighted by Crippen LogP contribution is -2.38. The van der Waals surface area contributed by atoms with Crippen LogP contribution in [0.2, 0.25) is 5.02 Å². The van der Waals surface area contributed by atoms with Gasteiger partial charge in [-0.15, -0.1) is 0 Å². The predicted octanol–water partition coefficient (Wildman–Crippen LogP) is 4.55. The van der Waals surface area contributed by atoms with Crippen LogP contribution in [-0.2, 0) is 11.3 Å². The van der Waals surface area contributed by atoms with Crippen LogP contribution in [-0.4, -0.2) is 68.5 Å². The van der Waals surface area contributed by atoms with Crippen molar-refractivity contribution in [1.29, 1.82) is 0 Å². The van der Waals surface area contributed by atoms with Gasteiger partial charge in [-0.1, -0.05) is 17.7 Å². The molecule has 38 heavy (non-hydrogen) atoms. The van der Waals surface area contributed by atoms with Gasteiger partial charge in [-0.3, -0.25) is 9.48 Å². The van der Waals surface area contributed by atoms with E-state index < -0.39 is 0 Å². The first-order chi connectivity index (χ1) is 18.5. The Morgan fingerprint density at radius 1 is 1.24 bits per heavy atom. The smallest absolute Gasteiger partial charge is 0.261 e. The topological polar surface area (TPSA) is 104 Å². The van der Waals surface area contributed by atoms with Crippen molar-refractivity contribution in [2.24, 2.45) is 0 Å². The van der Waals surface area contributed by atoms with Crippen molar-refractivity contribution >= 4 is 28.3 Å². The molecule has 0 radical (unpaired) electrons. The highest BCUT2D eigenvalue weighted by Crippen LogP contribution is 2.33. The zero-order valence-corrected chi connectivity index (χ0v) is 22.4. The Hall–Kier alpha value is -3.14. The van der Waals surface area contributed by atoms with Crippen molar-refractivity contribution in [2.75, 3.05) is 38.1 Å². The first-order valence-corrected chi connectivity index (χ1v) is 13.9. The number of pyridine rings is 1. The summed E-state index contributed by atoms with van der Waals surface area (Å²) in [4.78, 5) is 26.6. The molecule has 3 N–H and O–H groups in total. The molecular formula is C28H34ClN7O2. The molecule has 5 heterocycles. The average Bonchev–Trinajstić information content (AvgIpc) is 3.66. The second kappa shape index (κ2) is 10.9. The summed E-state index contributed by atoms with van der Waals surface area (Å²) in [5.41, 5.74) is 5.39. The van der Waals surface area contributed by atoms with Gasteiger partial charge < -0.3 is 24.9 Å². The van der Waals surface area contributed by atoms with E-state index in [1.54, 1.807) is 23.3 Å². The first kappa shape index (κ1) is 25.2. The fourth-order valence-corrected chi connectivity index (χ4v) is 5.98. The molecule has 2 aliphatic heterocycles. The van der Waals surface area contributed by atoms with E-state index in [9.17, 15) is 4.79 Å². The number of halogens is 1. The highest BCUT2D eigenvalue weighted by atomic mass is 35.5. The summed E-state index contributed by atoms with van der Waals surface area (Å²) >= 11 is 5.96. The lowest BCUT2D eigenvalue weighted by atomic mass is 9.88. The molecule has 6 rings (SSSR count). The molecule has 2 aliphatic rings. The number of likely N-dealkylation sites (tertiary alicyclic amines) is 1. The van der Waals surface area contributed by atoms with Crippen LogP contribution < -0.4 is 10.9 Å². The Kier molecular flexibility index (Phi) is 7.23. The van der Waals surface area contributed by atoms with Crippen LogP contribution in [0.15, 0.2) is 41.6 Å². The van der Waals surface area contributed by atoms with Crippen LogP contribution in [0.1, 0.15) is 42.7 Å². The zero-order chi connectivity index (χ0) is 26.1. The average molecular weight is 536 g/mol. The number of ether oxygens (including phenoxy) is 1. The lowest BCUT2D eigenvalue weighted by Gasteiger charge is -2.33. The molecular weight excluding hydrogens is 502 g/mol. The van der Waals surface area contributed by atoms with Crippen LogP contribution in [0.3, 0.4) is 0 Å². The number of rotatable bonds is 8. The molecule has 2 saturated heterocycles. The van der Waals surface area contributed by atoms with Gasteiger partial charge in [0.15, 0.2) is 0 Å². The normalized spacial score (nSPS) is 18.9. The van der Waals surface area contributed by atoms with Gasteiger partial charge in [-0.2, -0.15) is 5.10 Å². The number of hydrogen-bond acceptors (Lipinski definition) is 6. The Morgan fingerprint density at radius 2 is 2.11 bits per heavy atom. The summed E-state index contributed by atoms with van der Waals surface area (Å²) in [6.45, 7) is 7.50. The minimum atomic E-state index is -0.187. The fraction of sp³-hybridized carbons (Fsp3) is 0.464. The summed E-state index contributed by atoms with van der Waals surface area (Å²) in [6.07, 6.45) is 10.1. The fourth-order valence-electron chi connectivity index (χ4n) is 5.82. The third-order valence-electron chi connectivity index (χ3n) is 7.80.